The molecule has 8 heteroatoms. The lowest BCUT2D eigenvalue weighted by atomic mass is 10.2. The molecule has 0 aromatic heterocycles. The quantitative estimate of drug-likeness (QED) is 0.446. The molecule has 0 spiro atoms. The molecule has 0 atom stereocenters. The molecule has 0 aliphatic rings. The van der Waals surface area contributed by atoms with Crippen LogP contribution in [0.5, 0.6) is 0 Å². The summed E-state index contributed by atoms with van der Waals surface area (Å²) < 4.78 is 13.3. The highest BCUT2D eigenvalue weighted by atomic mass is 79.9. The molecule has 0 unspecified atom stereocenters. The number of anilines is 1. The Hall–Kier alpha value is -2.45. The van der Waals surface area contributed by atoms with Gasteiger partial charge < -0.3 is 5.73 Å². The van der Waals surface area contributed by atoms with Crippen LogP contribution in [0.15, 0.2) is 21.7 Å². The van der Waals surface area contributed by atoms with E-state index in [1.54, 1.807) is 6.07 Å². The van der Waals surface area contributed by atoms with Crippen LogP contribution in [0.2, 0.25) is 0 Å². The van der Waals surface area contributed by atoms with E-state index in [0.717, 1.165) is 6.07 Å². The lowest BCUT2D eigenvalue weighted by Crippen LogP contribution is -2.22. The summed E-state index contributed by atoms with van der Waals surface area (Å²) in [6, 6.07) is 5.81. The number of amidine groups is 1. The van der Waals surface area contributed by atoms with Crippen LogP contribution in [-0.4, -0.2) is 11.5 Å². The van der Waals surface area contributed by atoms with Crippen LogP contribution in [0.25, 0.3) is 0 Å². The molecular formula is C10H6BrFN6. The Bertz CT molecular complexity index is 610. The van der Waals surface area contributed by atoms with Crippen molar-refractivity contribution in [2.75, 3.05) is 5.43 Å². The highest BCUT2D eigenvalue weighted by molar-refractivity contribution is 9.10. The van der Waals surface area contributed by atoms with Crippen molar-refractivity contribution in [1.29, 1.82) is 15.9 Å². The van der Waals surface area contributed by atoms with Crippen molar-refractivity contribution in [1.82, 2.24) is 0 Å². The topological polar surface area (TPSA) is 122 Å². The summed E-state index contributed by atoms with van der Waals surface area (Å²) in [7, 11) is 0. The second kappa shape index (κ2) is 5.75. The molecule has 0 radical (unpaired) electrons. The van der Waals surface area contributed by atoms with E-state index in [1.807, 2.05) is 6.07 Å². The third-order valence-electron chi connectivity index (χ3n) is 1.86. The number of benzene rings is 1. The van der Waals surface area contributed by atoms with E-state index < -0.39 is 11.7 Å². The summed E-state index contributed by atoms with van der Waals surface area (Å²) in [4.78, 5) is 0. The largest absolute Gasteiger partial charge is 0.382 e. The first-order chi connectivity index (χ1) is 8.51. The maximum Gasteiger partial charge on any atom is 0.201 e. The Morgan fingerprint density at radius 1 is 1.50 bits per heavy atom. The number of nitriles is 2. The van der Waals surface area contributed by atoms with E-state index in [0.29, 0.717) is 0 Å². The summed E-state index contributed by atoms with van der Waals surface area (Å²) in [6.45, 7) is 0. The van der Waals surface area contributed by atoms with Gasteiger partial charge in [0.05, 0.1) is 15.7 Å². The van der Waals surface area contributed by atoms with Crippen LogP contribution in [0, 0.1) is 33.9 Å². The molecule has 0 aliphatic heterocycles. The van der Waals surface area contributed by atoms with Gasteiger partial charge >= 0.3 is 0 Å². The zero-order chi connectivity index (χ0) is 13.7. The molecule has 0 amide bonds. The first-order valence-corrected chi connectivity index (χ1v) is 5.26. The Labute approximate surface area is 110 Å². The van der Waals surface area contributed by atoms with E-state index in [2.05, 4.69) is 26.5 Å². The first kappa shape index (κ1) is 13.6. The minimum absolute atomic E-state index is 0.00569. The van der Waals surface area contributed by atoms with Gasteiger partial charge in [0.15, 0.2) is 5.84 Å². The molecule has 18 heavy (non-hydrogen) atoms. The van der Waals surface area contributed by atoms with Gasteiger partial charge in [-0.3, -0.25) is 10.8 Å². The summed E-state index contributed by atoms with van der Waals surface area (Å²) in [5.74, 6) is -1.12. The Balaban J connectivity index is 3.21. The number of hydrogen-bond donors (Lipinski definition) is 3. The van der Waals surface area contributed by atoms with Gasteiger partial charge in [-0.2, -0.15) is 15.6 Å². The molecule has 1 aromatic carbocycles. The fraction of sp³-hybridized carbons (Fsp3) is 0. The molecular weight excluding hydrogens is 303 g/mol. The molecule has 0 fully saturated rings. The van der Waals surface area contributed by atoms with Crippen molar-refractivity contribution in [3.8, 4) is 12.1 Å². The highest BCUT2D eigenvalue weighted by Gasteiger charge is 2.11. The van der Waals surface area contributed by atoms with Gasteiger partial charge in [-0.25, -0.2) is 4.39 Å². The lowest BCUT2D eigenvalue weighted by molar-refractivity contribution is 0.621. The van der Waals surface area contributed by atoms with Gasteiger partial charge in [-0.1, -0.05) is 0 Å². The number of hydrazone groups is 1. The predicted octanol–water partition coefficient (Wildman–Crippen LogP) is 1.69. The third-order valence-corrected chi connectivity index (χ3v) is 2.63. The number of halogens is 2. The average Bonchev–Trinajstić information content (AvgIpc) is 2.34. The Morgan fingerprint density at radius 3 is 2.67 bits per heavy atom. The molecule has 0 aliphatic carbocycles. The van der Waals surface area contributed by atoms with E-state index >= 15 is 0 Å². The van der Waals surface area contributed by atoms with Crippen molar-refractivity contribution in [2.24, 2.45) is 10.8 Å². The normalized spacial score (nSPS) is 10.3. The van der Waals surface area contributed by atoms with Crippen LogP contribution in [0.3, 0.4) is 0 Å². The van der Waals surface area contributed by atoms with Gasteiger partial charge in [0.2, 0.25) is 5.71 Å². The van der Waals surface area contributed by atoms with Crippen molar-refractivity contribution in [3.63, 3.8) is 0 Å². The zero-order valence-corrected chi connectivity index (χ0v) is 10.4. The SMILES string of the molecule is N#C/C(=N\Nc1c(C#N)ccc(F)c1Br)C(=N)N. The van der Waals surface area contributed by atoms with Crippen molar-refractivity contribution >= 4 is 33.2 Å². The van der Waals surface area contributed by atoms with Gasteiger partial charge in [0.1, 0.15) is 18.0 Å². The molecule has 0 saturated heterocycles. The smallest absolute Gasteiger partial charge is 0.201 e. The van der Waals surface area contributed by atoms with E-state index in [9.17, 15) is 4.39 Å². The van der Waals surface area contributed by atoms with Crippen molar-refractivity contribution in [3.05, 3.63) is 28.0 Å². The van der Waals surface area contributed by atoms with E-state index in [-0.39, 0.29) is 21.4 Å². The number of nitrogens with two attached hydrogens (primary N) is 1. The van der Waals surface area contributed by atoms with Crippen LogP contribution in [-0.2, 0) is 0 Å². The summed E-state index contributed by atoms with van der Waals surface area (Å²) in [5.41, 5.74) is 7.26. The third kappa shape index (κ3) is 2.81. The summed E-state index contributed by atoms with van der Waals surface area (Å²) >= 11 is 2.96. The molecule has 6 nitrogen and oxygen atoms in total. The van der Waals surface area contributed by atoms with E-state index in [1.165, 1.54) is 6.07 Å². The van der Waals surface area contributed by atoms with Crippen molar-refractivity contribution in [2.45, 2.75) is 0 Å². The minimum Gasteiger partial charge on any atom is -0.382 e. The monoisotopic (exact) mass is 308 g/mol. The molecule has 0 bridgehead atoms. The predicted molar refractivity (Wildman–Crippen MR) is 67.4 cm³/mol. The average molecular weight is 309 g/mol. The number of hydrogen-bond acceptors (Lipinski definition) is 5. The number of nitrogens with one attached hydrogen (secondary N) is 2. The fourth-order valence-electron chi connectivity index (χ4n) is 1.01. The Morgan fingerprint density at radius 2 is 2.17 bits per heavy atom. The highest BCUT2D eigenvalue weighted by Crippen LogP contribution is 2.29. The second-order valence-electron chi connectivity index (χ2n) is 2.99. The summed E-state index contributed by atoms with van der Waals surface area (Å²) in [6.07, 6.45) is 0. The maximum absolute atomic E-state index is 13.3. The Kier molecular flexibility index (Phi) is 4.35. The molecule has 4 N–H and O–H groups in total. The first-order valence-electron chi connectivity index (χ1n) is 4.47. The standard InChI is InChI=1S/C10H6BrFN6/c11-8-6(12)2-1-5(3-13)9(8)18-17-7(4-14)10(15)16/h1-2,18H,(H3,15,16)/b17-7+. The van der Waals surface area contributed by atoms with Crippen molar-refractivity contribution < 1.29 is 4.39 Å². The lowest BCUT2D eigenvalue weighted by Gasteiger charge is -2.06. The minimum atomic E-state index is -0.590. The van der Waals surface area contributed by atoms with Crippen LogP contribution >= 0.6 is 15.9 Å². The molecule has 90 valence electrons. The molecule has 1 aromatic rings. The van der Waals surface area contributed by atoms with Crippen LogP contribution in [0.4, 0.5) is 10.1 Å². The number of rotatable bonds is 3. The van der Waals surface area contributed by atoms with Crippen LogP contribution < -0.4 is 11.2 Å². The second-order valence-corrected chi connectivity index (χ2v) is 3.79. The molecule has 0 heterocycles. The van der Waals surface area contributed by atoms with Gasteiger partial charge in [0.25, 0.3) is 0 Å². The van der Waals surface area contributed by atoms with Crippen LogP contribution in [0.1, 0.15) is 5.56 Å². The fourth-order valence-corrected chi connectivity index (χ4v) is 1.44. The van der Waals surface area contributed by atoms with Gasteiger partial charge in [-0.05, 0) is 28.1 Å². The zero-order valence-electron chi connectivity index (χ0n) is 8.83. The van der Waals surface area contributed by atoms with Gasteiger partial charge in [-0.15, -0.1) is 0 Å². The van der Waals surface area contributed by atoms with E-state index in [4.69, 9.17) is 21.7 Å². The molecule has 0 saturated carbocycles. The maximum atomic E-state index is 13.3. The number of nitrogens with zero attached hydrogens (tertiary/aromatic N) is 3. The van der Waals surface area contributed by atoms with Gasteiger partial charge in [0, 0.05) is 0 Å². The molecule has 1 rings (SSSR count). The summed E-state index contributed by atoms with van der Waals surface area (Å²) in [5, 5.41) is 28.1.